The van der Waals surface area contributed by atoms with Gasteiger partial charge in [-0.1, -0.05) is 6.07 Å². The van der Waals surface area contributed by atoms with E-state index in [4.69, 9.17) is 5.73 Å². The first-order valence-electron chi connectivity index (χ1n) is 7.88. The third kappa shape index (κ3) is 3.22. The summed E-state index contributed by atoms with van der Waals surface area (Å²) in [5, 5.41) is 11.0. The van der Waals surface area contributed by atoms with Crippen molar-refractivity contribution in [3.8, 4) is 0 Å². The summed E-state index contributed by atoms with van der Waals surface area (Å²) in [5.74, 6) is 0.980. The average Bonchev–Trinajstić information content (AvgIpc) is 3.29. The standard InChI is InChI=1S/C16H18N6O2S/c1-25(23,24)12-4-2-3-11(7-12)20-15-8-13(19-10-5-6-10)16-18-9-14(17)22(16)21-15/h2-4,7-10,19H,5-6,17H2,1H3,(H,20,21). The van der Waals surface area contributed by atoms with Crippen molar-refractivity contribution >= 4 is 38.5 Å². The molecule has 2 aromatic heterocycles. The van der Waals surface area contributed by atoms with Crippen LogP contribution < -0.4 is 16.4 Å². The lowest BCUT2D eigenvalue weighted by Gasteiger charge is -2.11. The van der Waals surface area contributed by atoms with Gasteiger partial charge in [0.15, 0.2) is 21.3 Å². The number of nitrogens with zero attached hydrogens (tertiary/aromatic N) is 3. The number of nitrogen functional groups attached to an aromatic ring is 1. The summed E-state index contributed by atoms with van der Waals surface area (Å²) in [5.41, 5.74) is 8.08. The summed E-state index contributed by atoms with van der Waals surface area (Å²) in [7, 11) is -3.27. The molecule has 0 radical (unpaired) electrons. The Morgan fingerprint density at radius 2 is 2.08 bits per heavy atom. The Hall–Kier alpha value is -2.81. The van der Waals surface area contributed by atoms with Gasteiger partial charge in [0.2, 0.25) is 0 Å². The molecule has 130 valence electrons. The summed E-state index contributed by atoms with van der Waals surface area (Å²) in [6.45, 7) is 0. The molecule has 3 aromatic rings. The van der Waals surface area contributed by atoms with Crippen molar-refractivity contribution in [2.24, 2.45) is 0 Å². The van der Waals surface area contributed by atoms with Gasteiger partial charge in [0, 0.05) is 24.1 Å². The van der Waals surface area contributed by atoms with Crippen LogP contribution in [0.25, 0.3) is 5.65 Å². The van der Waals surface area contributed by atoms with Crippen LogP contribution in [0.2, 0.25) is 0 Å². The van der Waals surface area contributed by atoms with Gasteiger partial charge in [0.25, 0.3) is 0 Å². The monoisotopic (exact) mass is 358 g/mol. The molecule has 4 N–H and O–H groups in total. The molecule has 4 rings (SSSR count). The highest BCUT2D eigenvalue weighted by Crippen LogP contribution is 2.29. The van der Waals surface area contributed by atoms with Gasteiger partial charge in [-0.2, -0.15) is 4.52 Å². The van der Waals surface area contributed by atoms with Gasteiger partial charge < -0.3 is 16.4 Å². The van der Waals surface area contributed by atoms with E-state index in [9.17, 15) is 8.42 Å². The highest BCUT2D eigenvalue weighted by Gasteiger charge is 2.23. The highest BCUT2D eigenvalue weighted by atomic mass is 32.2. The Bertz CT molecular complexity index is 1060. The number of aromatic nitrogens is 3. The molecule has 0 unspecified atom stereocenters. The Morgan fingerprint density at radius 3 is 2.80 bits per heavy atom. The van der Waals surface area contributed by atoms with Crippen LogP contribution in [0.4, 0.5) is 23.0 Å². The maximum Gasteiger partial charge on any atom is 0.179 e. The van der Waals surface area contributed by atoms with E-state index >= 15 is 0 Å². The van der Waals surface area contributed by atoms with E-state index in [1.165, 1.54) is 6.26 Å². The first kappa shape index (κ1) is 15.7. The van der Waals surface area contributed by atoms with Gasteiger partial charge in [-0.3, -0.25) is 0 Å². The van der Waals surface area contributed by atoms with Crippen LogP contribution in [0.15, 0.2) is 41.4 Å². The van der Waals surface area contributed by atoms with E-state index in [2.05, 4.69) is 20.7 Å². The minimum Gasteiger partial charge on any atom is -0.382 e. The van der Waals surface area contributed by atoms with Crippen molar-refractivity contribution in [1.82, 2.24) is 14.6 Å². The number of benzene rings is 1. The molecule has 0 saturated heterocycles. The number of fused-ring (bicyclic) bond motifs is 1. The van der Waals surface area contributed by atoms with E-state index in [1.807, 2.05) is 6.07 Å². The van der Waals surface area contributed by atoms with E-state index in [-0.39, 0.29) is 4.90 Å². The molecule has 0 atom stereocenters. The molecule has 0 amide bonds. The largest absolute Gasteiger partial charge is 0.382 e. The molecule has 9 heteroatoms. The fourth-order valence-electron chi connectivity index (χ4n) is 2.55. The molecule has 1 aliphatic carbocycles. The minimum atomic E-state index is -3.27. The SMILES string of the molecule is CS(=O)(=O)c1cccc(Nc2cc(NC3CC3)c3ncc(N)n3n2)c1. The Labute approximate surface area is 145 Å². The first-order valence-corrected chi connectivity index (χ1v) is 9.77. The number of hydrogen-bond acceptors (Lipinski definition) is 7. The van der Waals surface area contributed by atoms with Crippen LogP contribution >= 0.6 is 0 Å². The molecule has 25 heavy (non-hydrogen) atoms. The lowest BCUT2D eigenvalue weighted by Crippen LogP contribution is -2.08. The van der Waals surface area contributed by atoms with Crippen LogP contribution in [0, 0.1) is 0 Å². The maximum atomic E-state index is 11.7. The predicted octanol–water partition coefficient (Wildman–Crippen LogP) is 2.03. The summed E-state index contributed by atoms with van der Waals surface area (Å²) in [6, 6.07) is 8.91. The van der Waals surface area contributed by atoms with Gasteiger partial charge in [-0.25, -0.2) is 13.4 Å². The fraction of sp³-hybridized carbons (Fsp3) is 0.250. The van der Waals surface area contributed by atoms with E-state index < -0.39 is 9.84 Å². The van der Waals surface area contributed by atoms with Crippen molar-refractivity contribution in [3.05, 3.63) is 36.5 Å². The van der Waals surface area contributed by atoms with Crippen LogP contribution in [0.3, 0.4) is 0 Å². The van der Waals surface area contributed by atoms with Crippen molar-refractivity contribution in [1.29, 1.82) is 0 Å². The van der Waals surface area contributed by atoms with Gasteiger partial charge >= 0.3 is 0 Å². The van der Waals surface area contributed by atoms with Crippen molar-refractivity contribution < 1.29 is 8.42 Å². The third-order valence-corrected chi connectivity index (χ3v) is 5.08. The van der Waals surface area contributed by atoms with E-state index in [0.717, 1.165) is 18.5 Å². The second-order valence-corrected chi connectivity index (χ2v) is 8.22. The minimum absolute atomic E-state index is 0.247. The molecule has 1 saturated carbocycles. The van der Waals surface area contributed by atoms with Crippen LogP contribution in [-0.4, -0.2) is 35.3 Å². The van der Waals surface area contributed by atoms with Gasteiger partial charge in [-0.05, 0) is 31.0 Å². The van der Waals surface area contributed by atoms with E-state index in [0.29, 0.717) is 29.0 Å². The highest BCUT2D eigenvalue weighted by molar-refractivity contribution is 7.90. The van der Waals surface area contributed by atoms with Gasteiger partial charge in [0.1, 0.15) is 5.82 Å². The molecule has 0 spiro atoms. The van der Waals surface area contributed by atoms with Gasteiger partial charge in [-0.15, -0.1) is 5.10 Å². The Balaban J connectivity index is 1.72. The number of rotatable bonds is 5. The second kappa shape index (κ2) is 5.62. The number of imidazole rings is 1. The molecule has 0 bridgehead atoms. The predicted molar refractivity (Wildman–Crippen MR) is 96.9 cm³/mol. The van der Waals surface area contributed by atoms with Crippen LogP contribution in [-0.2, 0) is 9.84 Å². The molecular formula is C16H18N6O2S. The van der Waals surface area contributed by atoms with Crippen molar-refractivity contribution in [3.63, 3.8) is 0 Å². The molecule has 1 aromatic carbocycles. The second-order valence-electron chi connectivity index (χ2n) is 6.21. The first-order chi connectivity index (χ1) is 11.9. The lowest BCUT2D eigenvalue weighted by molar-refractivity contribution is 0.602. The lowest BCUT2D eigenvalue weighted by atomic mass is 10.3. The quantitative estimate of drug-likeness (QED) is 0.639. The number of nitrogens with one attached hydrogen (secondary N) is 2. The van der Waals surface area contributed by atoms with Crippen molar-refractivity contribution in [2.75, 3.05) is 22.6 Å². The van der Waals surface area contributed by atoms with Crippen LogP contribution in [0.5, 0.6) is 0 Å². The van der Waals surface area contributed by atoms with Gasteiger partial charge in [0.05, 0.1) is 16.8 Å². The number of anilines is 4. The van der Waals surface area contributed by atoms with Crippen molar-refractivity contribution in [2.45, 2.75) is 23.8 Å². The molecule has 1 aliphatic rings. The molecule has 1 fully saturated rings. The Morgan fingerprint density at radius 1 is 1.28 bits per heavy atom. The summed E-state index contributed by atoms with van der Waals surface area (Å²) >= 11 is 0. The van der Waals surface area contributed by atoms with Crippen LogP contribution in [0.1, 0.15) is 12.8 Å². The number of nitrogens with two attached hydrogens (primary N) is 1. The smallest absolute Gasteiger partial charge is 0.179 e. The zero-order valence-corrected chi connectivity index (χ0v) is 14.4. The summed E-state index contributed by atoms with van der Waals surface area (Å²) < 4.78 is 25.0. The fourth-order valence-corrected chi connectivity index (χ4v) is 3.22. The maximum absolute atomic E-state index is 11.7. The zero-order chi connectivity index (χ0) is 17.6. The molecule has 0 aliphatic heterocycles. The summed E-state index contributed by atoms with van der Waals surface area (Å²) in [4.78, 5) is 4.55. The molecular weight excluding hydrogens is 340 g/mol. The normalized spacial score (nSPS) is 14.6. The average molecular weight is 358 g/mol. The third-order valence-electron chi connectivity index (χ3n) is 3.97. The number of sulfone groups is 1. The zero-order valence-electron chi connectivity index (χ0n) is 13.6. The Kier molecular flexibility index (Phi) is 3.53. The van der Waals surface area contributed by atoms with E-state index in [1.54, 1.807) is 35.0 Å². The molecule has 8 nitrogen and oxygen atoms in total. The topological polar surface area (TPSA) is 114 Å². The molecule has 2 heterocycles. The summed E-state index contributed by atoms with van der Waals surface area (Å²) in [6.07, 6.45) is 5.00. The number of hydrogen-bond donors (Lipinski definition) is 3.